The molecule has 1 heterocycles. The highest BCUT2D eigenvalue weighted by Gasteiger charge is 2.51. The van der Waals surface area contributed by atoms with E-state index >= 15 is 0 Å². The summed E-state index contributed by atoms with van der Waals surface area (Å²) in [5, 5.41) is 11.9. The third-order valence-electron chi connectivity index (χ3n) is 7.03. The summed E-state index contributed by atoms with van der Waals surface area (Å²) < 4.78 is 5.89. The first-order chi connectivity index (χ1) is 13.8. The van der Waals surface area contributed by atoms with Gasteiger partial charge in [-0.1, -0.05) is 42.5 Å². The molecule has 1 aromatic rings. The van der Waals surface area contributed by atoms with Gasteiger partial charge in [0.1, 0.15) is 0 Å². The van der Waals surface area contributed by atoms with Crippen molar-refractivity contribution in [2.45, 2.75) is 57.7 Å². The minimum atomic E-state index is -1.10. The van der Waals surface area contributed by atoms with E-state index in [0.29, 0.717) is 6.61 Å². The average Bonchev–Trinajstić information content (AvgIpc) is 3.29. The Balaban J connectivity index is 1.69. The third-order valence-corrected chi connectivity index (χ3v) is 7.03. The number of ether oxygens (including phenoxy) is 1. The minimum Gasteiger partial charge on any atom is -0.550 e. The van der Waals surface area contributed by atoms with E-state index in [4.69, 9.17) is 4.74 Å². The molecule has 0 unspecified atom stereocenters. The van der Waals surface area contributed by atoms with E-state index in [1.807, 2.05) is 54.3 Å². The van der Waals surface area contributed by atoms with E-state index in [9.17, 15) is 14.7 Å². The molecule has 2 fully saturated rings. The fraction of sp³-hybridized carbons (Fsp3) is 0.583. The molecule has 0 spiro atoms. The summed E-state index contributed by atoms with van der Waals surface area (Å²) in [5.41, 5.74) is 0.758. The standard InChI is InChI=1S/C24H31NO4/c1-15(16-7-5-4-6-8-16)25(19-11-12-29-24(2,3)14-19)22(26)20-17-9-10-18(13-17)21(20)23(27)28/h4-10,15,17-21H,11-14H2,1-3H3,(H,27,28)/p-1/t15-,17+,18+,19-,20-,21+/m0/s1. The van der Waals surface area contributed by atoms with Crippen LogP contribution in [0.2, 0.25) is 0 Å². The zero-order valence-electron chi connectivity index (χ0n) is 17.4. The number of carboxylic acid groups (broad SMARTS) is 1. The molecule has 5 nitrogen and oxygen atoms in total. The molecule has 2 bridgehead atoms. The Bertz CT molecular complexity index is 802. The van der Waals surface area contributed by atoms with Crippen LogP contribution >= 0.6 is 0 Å². The molecule has 1 saturated carbocycles. The Kier molecular flexibility index (Phi) is 5.28. The molecule has 156 valence electrons. The number of fused-ring (bicyclic) bond motifs is 2. The van der Waals surface area contributed by atoms with Crippen LogP contribution in [-0.2, 0) is 14.3 Å². The van der Waals surface area contributed by atoms with Crippen molar-refractivity contribution in [3.8, 4) is 0 Å². The van der Waals surface area contributed by atoms with Crippen LogP contribution in [0, 0.1) is 23.7 Å². The Labute approximate surface area is 172 Å². The lowest BCUT2D eigenvalue weighted by molar-refractivity contribution is -0.313. The van der Waals surface area contributed by atoms with Gasteiger partial charge in [0.2, 0.25) is 5.91 Å². The number of benzene rings is 1. The quantitative estimate of drug-likeness (QED) is 0.718. The molecular weight excluding hydrogens is 366 g/mol. The van der Waals surface area contributed by atoms with Crippen molar-refractivity contribution in [1.82, 2.24) is 4.90 Å². The predicted molar refractivity (Wildman–Crippen MR) is 107 cm³/mol. The highest BCUT2D eigenvalue weighted by molar-refractivity contribution is 5.87. The van der Waals surface area contributed by atoms with Crippen LogP contribution in [0.3, 0.4) is 0 Å². The van der Waals surface area contributed by atoms with Crippen molar-refractivity contribution >= 4 is 11.9 Å². The van der Waals surface area contributed by atoms with Crippen molar-refractivity contribution in [2.75, 3.05) is 6.61 Å². The zero-order chi connectivity index (χ0) is 20.8. The maximum Gasteiger partial charge on any atom is 0.227 e. The SMILES string of the molecule is C[C@@H](c1ccccc1)N(C(=O)[C@@H]1[C@H](C(=O)[O-])[C@@H]2C=C[C@@H]1C2)[C@H]1CCOC(C)(C)C1. The van der Waals surface area contributed by atoms with E-state index in [-0.39, 0.29) is 35.4 Å². The van der Waals surface area contributed by atoms with Crippen LogP contribution in [0.4, 0.5) is 0 Å². The fourth-order valence-electron chi connectivity index (χ4n) is 5.67. The molecule has 1 saturated heterocycles. The first kappa shape index (κ1) is 20.1. The lowest BCUT2D eigenvalue weighted by Crippen LogP contribution is -2.53. The maximum atomic E-state index is 13.9. The van der Waals surface area contributed by atoms with E-state index in [2.05, 4.69) is 13.8 Å². The van der Waals surface area contributed by atoms with E-state index < -0.39 is 17.8 Å². The summed E-state index contributed by atoms with van der Waals surface area (Å²) in [7, 11) is 0. The molecular formula is C24H30NO4-. The second-order valence-corrected chi connectivity index (χ2v) is 9.41. The summed E-state index contributed by atoms with van der Waals surface area (Å²) in [5.74, 6) is -2.49. The summed E-state index contributed by atoms with van der Waals surface area (Å²) in [6, 6.07) is 9.88. The molecule has 3 aliphatic rings. The number of carbonyl (C=O) groups excluding carboxylic acids is 2. The van der Waals surface area contributed by atoms with Gasteiger partial charge >= 0.3 is 0 Å². The van der Waals surface area contributed by atoms with Crippen LogP contribution in [0.1, 0.15) is 51.6 Å². The molecule has 6 atom stereocenters. The van der Waals surface area contributed by atoms with Gasteiger partial charge in [0.05, 0.1) is 17.6 Å². The molecule has 0 N–H and O–H groups in total. The summed E-state index contributed by atoms with van der Waals surface area (Å²) >= 11 is 0. The van der Waals surface area contributed by atoms with Gasteiger partial charge in [-0.2, -0.15) is 0 Å². The smallest absolute Gasteiger partial charge is 0.227 e. The van der Waals surface area contributed by atoms with Crippen LogP contribution in [0.15, 0.2) is 42.5 Å². The van der Waals surface area contributed by atoms with Gasteiger partial charge in [0.15, 0.2) is 0 Å². The fourth-order valence-corrected chi connectivity index (χ4v) is 5.67. The second kappa shape index (κ2) is 7.60. The lowest BCUT2D eigenvalue weighted by atomic mass is 9.80. The van der Waals surface area contributed by atoms with Crippen molar-refractivity contribution in [2.24, 2.45) is 23.7 Å². The van der Waals surface area contributed by atoms with Crippen LogP contribution in [-0.4, -0.2) is 35.0 Å². The lowest BCUT2D eigenvalue weighted by Gasteiger charge is -2.46. The second-order valence-electron chi connectivity index (χ2n) is 9.41. The number of amides is 1. The molecule has 1 aliphatic heterocycles. The van der Waals surface area contributed by atoms with E-state index in [1.165, 1.54) is 0 Å². The van der Waals surface area contributed by atoms with Crippen molar-refractivity contribution in [3.63, 3.8) is 0 Å². The molecule has 0 radical (unpaired) electrons. The Hall–Kier alpha value is -2.14. The highest BCUT2D eigenvalue weighted by atomic mass is 16.5. The normalized spacial score (nSPS) is 33.4. The maximum absolute atomic E-state index is 13.9. The average molecular weight is 397 g/mol. The molecule has 1 aromatic carbocycles. The van der Waals surface area contributed by atoms with Crippen LogP contribution in [0.5, 0.6) is 0 Å². The van der Waals surface area contributed by atoms with Crippen molar-refractivity contribution < 1.29 is 19.4 Å². The Morgan fingerprint density at radius 1 is 1.14 bits per heavy atom. The molecule has 0 aromatic heterocycles. The number of nitrogens with zero attached hydrogens (tertiary/aromatic N) is 1. The molecule has 1 amide bonds. The summed E-state index contributed by atoms with van der Waals surface area (Å²) in [4.78, 5) is 27.8. The number of carbonyl (C=O) groups is 2. The zero-order valence-corrected chi connectivity index (χ0v) is 17.4. The third kappa shape index (κ3) is 3.73. The monoisotopic (exact) mass is 396 g/mol. The first-order valence-electron chi connectivity index (χ1n) is 10.7. The molecule has 4 rings (SSSR count). The predicted octanol–water partition coefficient (Wildman–Crippen LogP) is 2.72. The summed E-state index contributed by atoms with van der Waals surface area (Å²) in [6.07, 6.45) is 6.23. The van der Waals surface area contributed by atoms with Gasteiger partial charge in [-0.15, -0.1) is 0 Å². The van der Waals surface area contributed by atoms with Gasteiger partial charge in [-0.25, -0.2) is 0 Å². The van der Waals surface area contributed by atoms with Crippen molar-refractivity contribution in [3.05, 3.63) is 48.0 Å². The van der Waals surface area contributed by atoms with Gasteiger partial charge in [-0.3, -0.25) is 4.79 Å². The minimum absolute atomic E-state index is 0.00581. The number of carboxylic acids is 1. The van der Waals surface area contributed by atoms with Crippen LogP contribution in [0.25, 0.3) is 0 Å². The number of hydrogen-bond acceptors (Lipinski definition) is 4. The topological polar surface area (TPSA) is 69.7 Å². The highest BCUT2D eigenvalue weighted by Crippen LogP contribution is 2.49. The number of rotatable bonds is 5. The molecule has 5 heteroatoms. The van der Waals surface area contributed by atoms with Crippen LogP contribution < -0.4 is 5.11 Å². The Morgan fingerprint density at radius 3 is 2.41 bits per heavy atom. The van der Waals surface area contributed by atoms with Gasteiger partial charge < -0.3 is 19.5 Å². The van der Waals surface area contributed by atoms with Crippen molar-refractivity contribution in [1.29, 1.82) is 0 Å². The first-order valence-corrected chi connectivity index (χ1v) is 10.7. The number of allylic oxidation sites excluding steroid dienone is 2. The largest absolute Gasteiger partial charge is 0.550 e. The van der Waals surface area contributed by atoms with Gasteiger partial charge in [-0.05, 0) is 57.4 Å². The van der Waals surface area contributed by atoms with E-state index in [1.54, 1.807) is 0 Å². The summed E-state index contributed by atoms with van der Waals surface area (Å²) in [6.45, 7) is 6.76. The van der Waals surface area contributed by atoms with Gasteiger partial charge in [0, 0.05) is 24.5 Å². The number of hydrogen-bond donors (Lipinski definition) is 0. The molecule has 2 aliphatic carbocycles. The number of aliphatic carboxylic acids is 1. The van der Waals surface area contributed by atoms with Gasteiger partial charge in [0.25, 0.3) is 0 Å². The molecule has 29 heavy (non-hydrogen) atoms. The Morgan fingerprint density at radius 2 is 1.79 bits per heavy atom. The van der Waals surface area contributed by atoms with E-state index in [0.717, 1.165) is 24.8 Å².